The minimum Gasteiger partial charge on any atom is -0.402 e. The molecule has 0 aliphatic heterocycles. The predicted octanol–water partition coefficient (Wildman–Crippen LogP) is 8.82. The zero-order valence-electron chi connectivity index (χ0n) is 20.8. The van der Waals surface area contributed by atoms with Crippen LogP contribution in [-0.4, -0.2) is 9.97 Å². The van der Waals surface area contributed by atoms with E-state index in [9.17, 15) is 9.59 Å². The van der Waals surface area contributed by atoms with Crippen molar-refractivity contribution in [3.63, 3.8) is 0 Å². The van der Waals surface area contributed by atoms with Crippen LogP contribution >= 0.6 is 34.0 Å². The van der Waals surface area contributed by atoms with E-state index in [1.165, 1.54) is 11.3 Å². The molecule has 0 atom stereocenters. The minimum absolute atomic E-state index is 0.217. The van der Waals surface area contributed by atoms with Gasteiger partial charge >= 0.3 is 11.3 Å². The van der Waals surface area contributed by atoms with Crippen LogP contribution in [0, 0.1) is 0 Å². The molecule has 5 heterocycles. The summed E-state index contributed by atoms with van der Waals surface area (Å²) in [7, 11) is 0. The smallest absolute Gasteiger partial charge is 0.347 e. The highest BCUT2D eigenvalue weighted by atomic mass is 32.1. The van der Waals surface area contributed by atoms with Crippen LogP contribution in [0.25, 0.3) is 83.7 Å². The second-order valence-electron chi connectivity index (χ2n) is 9.70. The average Bonchev–Trinajstić information content (AvgIpc) is 3.70. The van der Waals surface area contributed by atoms with E-state index in [-0.39, 0.29) is 11.8 Å². The predicted molar refractivity (Wildman–Crippen MR) is 169 cm³/mol. The zero-order chi connectivity index (χ0) is 27.2. The van der Waals surface area contributed by atoms with Crippen molar-refractivity contribution < 1.29 is 8.83 Å². The molecule has 194 valence electrons. The van der Waals surface area contributed by atoms with Crippen molar-refractivity contribution in [3.05, 3.63) is 106 Å². The van der Waals surface area contributed by atoms with Crippen LogP contribution in [0.4, 0.5) is 0 Å². The number of nitrogens with zero attached hydrogens (tertiary/aromatic N) is 2. The minimum atomic E-state index is -0.445. The molecule has 9 rings (SSSR count). The van der Waals surface area contributed by atoms with E-state index in [1.54, 1.807) is 34.8 Å². The molecule has 0 fully saturated rings. The molecule has 6 nitrogen and oxygen atoms in total. The number of hydrogen-bond donors (Lipinski definition) is 0. The molecule has 0 bridgehead atoms. The van der Waals surface area contributed by atoms with Gasteiger partial charge in [0.25, 0.3) is 0 Å². The van der Waals surface area contributed by atoms with Crippen LogP contribution in [0.5, 0.6) is 0 Å². The summed E-state index contributed by atoms with van der Waals surface area (Å²) in [5.74, 6) is 0.434. The molecule has 4 aromatic carbocycles. The lowest BCUT2D eigenvalue weighted by Gasteiger charge is -2.01. The Morgan fingerprint density at radius 2 is 0.927 bits per heavy atom. The Labute approximate surface area is 241 Å². The van der Waals surface area contributed by atoms with Crippen LogP contribution in [0.2, 0.25) is 0 Å². The Bertz CT molecular complexity index is 2470. The second kappa shape index (κ2) is 8.40. The lowest BCUT2D eigenvalue weighted by Crippen LogP contribution is -2.02. The lowest BCUT2D eigenvalue weighted by atomic mass is 10.1. The fraction of sp³-hybridized carbons (Fsp3) is 0. The summed E-state index contributed by atoms with van der Waals surface area (Å²) >= 11 is 4.64. The number of benzene rings is 4. The number of rotatable bonds is 2. The SMILES string of the molecule is O=c1oc(-c2ccc(-c3nc4cc5sc6ccccc6c5cc4c(=O)o3)s2)nc2cc3sc4ccccc4c3cc12. The van der Waals surface area contributed by atoms with Crippen molar-refractivity contribution in [1.29, 1.82) is 0 Å². The van der Waals surface area contributed by atoms with Gasteiger partial charge in [-0.15, -0.1) is 34.0 Å². The monoisotopic (exact) mass is 586 g/mol. The Morgan fingerprint density at radius 1 is 0.463 bits per heavy atom. The molecule has 5 aromatic heterocycles. The summed E-state index contributed by atoms with van der Waals surface area (Å²) in [6.45, 7) is 0. The molecule has 0 saturated heterocycles. The highest BCUT2D eigenvalue weighted by molar-refractivity contribution is 7.26. The molecule has 0 aliphatic carbocycles. The Hall–Kier alpha value is -4.70. The number of hydrogen-bond acceptors (Lipinski definition) is 9. The summed E-state index contributed by atoms with van der Waals surface area (Å²) in [4.78, 5) is 36.8. The third-order valence-electron chi connectivity index (χ3n) is 7.28. The van der Waals surface area contributed by atoms with Gasteiger partial charge < -0.3 is 8.83 Å². The van der Waals surface area contributed by atoms with E-state index in [1.807, 2.05) is 48.5 Å². The molecular formula is C32H14N2O4S3. The first-order chi connectivity index (χ1) is 20.1. The van der Waals surface area contributed by atoms with Gasteiger partial charge in [-0.1, -0.05) is 36.4 Å². The van der Waals surface area contributed by atoms with E-state index in [2.05, 4.69) is 24.3 Å². The quantitative estimate of drug-likeness (QED) is 0.201. The molecule has 41 heavy (non-hydrogen) atoms. The maximum atomic E-state index is 13.0. The van der Waals surface area contributed by atoms with Crippen LogP contribution in [-0.2, 0) is 0 Å². The first-order valence-corrected chi connectivity index (χ1v) is 15.2. The van der Waals surface area contributed by atoms with Crippen molar-refractivity contribution in [2.75, 3.05) is 0 Å². The van der Waals surface area contributed by atoms with Crippen LogP contribution in [0.3, 0.4) is 0 Å². The van der Waals surface area contributed by atoms with E-state index >= 15 is 0 Å². The Balaban J connectivity index is 1.16. The molecule has 0 unspecified atom stereocenters. The Morgan fingerprint density at radius 3 is 1.41 bits per heavy atom. The third-order valence-corrected chi connectivity index (χ3v) is 10.6. The van der Waals surface area contributed by atoms with Gasteiger partial charge in [-0.25, -0.2) is 19.6 Å². The van der Waals surface area contributed by atoms with Gasteiger partial charge in [-0.2, -0.15) is 0 Å². The van der Waals surface area contributed by atoms with Crippen molar-refractivity contribution in [3.8, 4) is 21.5 Å². The lowest BCUT2D eigenvalue weighted by molar-refractivity contribution is 0.520. The largest absolute Gasteiger partial charge is 0.402 e. The van der Waals surface area contributed by atoms with Crippen molar-refractivity contribution in [2.24, 2.45) is 0 Å². The fourth-order valence-corrected chi connectivity index (χ4v) is 8.46. The van der Waals surface area contributed by atoms with Crippen molar-refractivity contribution in [1.82, 2.24) is 9.97 Å². The molecule has 0 saturated carbocycles. The molecule has 0 radical (unpaired) electrons. The maximum absolute atomic E-state index is 13.0. The standard InChI is InChI=1S/C32H14N2O4S3/c35-31-19-11-17-15-5-1-3-7-23(15)39-27(17)13-21(19)33-29(37-31)25-9-10-26(41-25)30-34-22-14-28-18(12-20(22)32(36)38-30)16-6-2-4-8-24(16)40-28/h1-14H. The van der Waals surface area contributed by atoms with Gasteiger partial charge in [0, 0.05) is 40.3 Å². The summed E-state index contributed by atoms with van der Waals surface area (Å²) in [5.41, 5.74) is 0.264. The number of aromatic nitrogens is 2. The summed E-state index contributed by atoms with van der Waals surface area (Å²) < 4.78 is 15.8. The third kappa shape index (κ3) is 3.46. The van der Waals surface area contributed by atoms with Gasteiger partial charge in [0.05, 0.1) is 31.6 Å². The van der Waals surface area contributed by atoms with Crippen LogP contribution < -0.4 is 11.3 Å². The second-order valence-corrected chi connectivity index (χ2v) is 13.0. The average molecular weight is 587 g/mol. The summed E-state index contributed by atoms with van der Waals surface area (Å²) in [5, 5.41) is 5.14. The summed E-state index contributed by atoms with van der Waals surface area (Å²) in [6.07, 6.45) is 0. The van der Waals surface area contributed by atoms with Gasteiger partial charge in [0.2, 0.25) is 11.8 Å². The first kappa shape index (κ1) is 23.0. The molecule has 0 amide bonds. The van der Waals surface area contributed by atoms with Crippen molar-refractivity contribution >= 4 is 96.2 Å². The van der Waals surface area contributed by atoms with E-state index in [4.69, 9.17) is 18.8 Å². The Kier molecular flexibility index (Phi) is 4.72. The van der Waals surface area contributed by atoms with Crippen LogP contribution in [0.15, 0.2) is 103 Å². The van der Waals surface area contributed by atoms with Crippen LogP contribution in [0.1, 0.15) is 0 Å². The maximum Gasteiger partial charge on any atom is 0.347 e. The van der Waals surface area contributed by atoms with E-state index in [0.717, 1.165) is 40.3 Å². The first-order valence-electron chi connectivity index (χ1n) is 12.7. The highest BCUT2D eigenvalue weighted by Gasteiger charge is 2.17. The molecule has 0 aliphatic rings. The molecular weight excluding hydrogens is 573 g/mol. The van der Waals surface area contributed by atoms with Crippen molar-refractivity contribution in [2.45, 2.75) is 0 Å². The fourth-order valence-electron chi connectivity index (χ4n) is 5.36. The molecule has 0 N–H and O–H groups in total. The number of fused-ring (bicyclic) bond motifs is 8. The van der Waals surface area contributed by atoms with E-state index < -0.39 is 11.3 Å². The van der Waals surface area contributed by atoms with Gasteiger partial charge in [0.1, 0.15) is 0 Å². The highest BCUT2D eigenvalue weighted by Crippen LogP contribution is 2.38. The normalized spacial score (nSPS) is 12.1. The molecule has 9 heteroatoms. The van der Waals surface area contributed by atoms with Gasteiger partial charge in [0.15, 0.2) is 0 Å². The van der Waals surface area contributed by atoms with Gasteiger partial charge in [-0.3, -0.25) is 0 Å². The van der Waals surface area contributed by atoms with E-state index in [0.29, 0.717) is 31.6 Å². The molecule has 9 aromatic rings. The summed E-state index contributed by atoms with van der Waals surface area (Å²) in [6, 6.07) is 27.5. The zero-order valence-corrected chi connectivity index (χ0v) is 23.3. The molecule has 0 spiro atoms. The topological polar surface area (TPSA) is 86.2 Å². The number of thiophene rings is 3. The van der Waals surface area contributed by atoms with Gasteiger partial charge in [-0.05, 0) is 48.5 Å².